The molecule has 1 aliphatic carbocycles. The molecule has 0 bridgehead atoms. The fourth-order valence-electron chi connectivity index (χ4n) is 8.79. The molecule has 244 valence electrons. The summed E-state index contributed by atoms with van der Waals surface area (Å²) < 4.78 is 9.14. The maximum atomic E-state index is 6.69. The first-order valence-corrected chi connectivity index (χ1v) is 18.6. The number of benzene rings is 8. The van der Waals surface area contributed by atoms with Crippen molar-refractivity contribution in [3.05, 3.63) is 210 Å². The van der Waals surface area contributed by atoms with Crippen molar-refractivity contribution in [3.63, 3.8) is 0 Å². The lowest BCUT2D eigenvalue weighted by Crippen LogP contribution is -2.28. The summed E-state index contributed by atoms with van der Waals surface area (Å²) in [5.74, 6) is 0. The molecule has 0 saturated carbocycles. The van der Waals surface area contributed by atoms with Gasteiger partial charge in [-0.05, 0) is 75.8 Å². The van der Waals surface area contributed by atoms with Gasteiger partial charge >= 0.3 is 0 Å². The summed E-state index contributed by atoms with van der Waals surface area (Å²) in [6.07, 6.45) is 0. The summed E-state index contributed by atoms with van der Waals surface area (Å²) in [5.41, 5.74) is 12.4. The third-order valence-corrected chi connectivity index (χ3v) is 12.1. The van der Waals surface area contributed by atoms with E-state index in [9.17, 15) is 0 Å². The first-order valence-electron chi connectivity index (χ1n) is 17.8. The van der Waals surface area contributed by atoms with Crippen molar-refractivity contribution in [2.45, 2.75) is 5.41 Å². The third kappa shape index (κ3) is 4.06. The summed E-state index contributed by atoms with van der Waals surface area (Å²) in [4.78, 5) is 2.46. The van der Waals surface area contributed by atoms with Gasteiger partial charge in [-0.1, -0.05) is 146 Å². The van der Waals surface area contributed by atoms with Crippen molar-refractivity contribution in [2.24, 2.45) is 0 Å². The van der Waals surface area contributed by atoms with Crippen molar-refractivity contribution in [1.82, 2.24) is 0 Å². The van der Waals surface area contributed by atoms with Gasteiger partial charge in [0.2, 0.25) is 0 Å². The zero-order valence-corrected chi connectivity index (χ0v) is 29.0. The zero-order chi connectivity index (χ0) is 34.2. The Morgan fingerprint density at radius 2 is 1.08 bits per heavy atom. The molecule has 1 aliphatic rings. The minimum Gasteiger partial charge on any atom is -0.455 e. The van der Waals surface area contributed by atoms with Gasteiger partial charge in [-0.2, -0.15) is 0 Å². The van der Waals surface area contributed by atoms with Gasteiger partial charge in [0, 0.05) is 37.6 Å². The molecule has 10 aromatic rings. The molecular formula is C49H31NOS. The summed E-state index contributed by atoms with van der Waals surface area (Å²) in [7, 11) is 0. The van der Waals surface area contributed by atoms with Gasteiger partial charge < -0.3 is 9.32 Å². The van der Waals surface area contributed by atoms with E-state index >= 15 is 0 Å². The normalized spacial score (nSPS) is 13.2. The van der Waals surface area contributed by atoms with Gasteiger partial charge in [0.1, 0.15) is 11.2 Å². The Kier molecular flexibility index (Phi) is 6.37. The number of hydrogen-bond acceptors (Lipinski definition) is 3. The number of furan rings is 1. The van der Waals surface area contributed by atoms with Crippen molar-refractivity contribution >= 4 is 70.5 Å². The van der Waals surface area contributed by atoms with Crippen molar-refractivity contribution in [1.29, 1.82) is 0 Å². The third-order valence-electron chi connectivity index (χ3n) is 10.9. The Balaban J connectivity index is 1.26. The van der Waals surface area contributed by atoms with Crippen LogP contribution in [0.3, 0.4) is 0 Å². The van der Waals surface area contributed by atoms with E-state index in [0.29, 0.717) is 0 Å². The Morgan fingerprint density at radius 1 is 0.462 bits per heavy atom. The zero-order valence-electron chi connectivity index (χ0n) is 28.2. The SMILES string of the molecule is c1ccc(N(c2ccc3c(c2)C(c2ccccc2)(c2ccccc2)c2ccccc2-3)c2cc3c4ccccc4oc3c3c2sc2ccccc23)cc1. The molecule has 0 N–H and O–H groups in total. The number of para-hydroxylation sites is 2. The van der Waals surface area contributed by atoms with Crippen LogP contribution in [0.2, 0.25) is 0 Å². The molecule has 2 aromatic heterocycles. The molecule has 0 fully saturated rings. The van der Waals surface area contributed by atoms with E-state index in [1.54, 1.807) is 0 Å². The number of nitrogens with zero attached hydrogens (tertiary/aromatic N) is 1. The molecule has 0 radical (unpaired) electrons. The average Bonchev–Trinajstić information content (AvgIpc) is 3.88. The summed E-state index contributed by atoms with van der Waals surface area (Å²) >= 11 is 1.84. The molecule has 2 heterocycles. The van der Waals surface area contributed by atoms with Crippen molar-refractivity contribution in [2.75, 3.05) is 4.90 Å². The summed E-state index contributed by atoms with van der Waals surface area (Å²) in [6.45, 7) is 0. The second-order valence-electron chi connectivity index (χ2n) is 13.6. The minimum absolute atomic E-state index is 0.496. The van der Waals surface area contributed by atoms with E-state index in [0.717, 1.165) is 39.0 Å². The number of anilines is 3. The molecule has 0 amide bonds. The van der Waals surface area contributed by atoms with Crippen molar-refractivity contribution < 1.29 is 4.42 Å². The Morgan fingerprint density at radius 3 is 1.85 bits per heavy atom. The minimum atomic E-state index is -0.496. The predicted molar refractivity (Wildman–Crippen MR) is 219 cm³/mol. The predicted octanol–water partition coefficient (Wildman–Crippen LogP) is 13.8. The largest absolute Gasteiger partial charge is 0.455 e. The lowest BCUT2D eigenvalue weighted by molar-refractivity contribution is 0.673. The van der Waals surface area contributed by atoms with Gasteiger partial charge in [-0.3, -0.25) is 0 Å². The van der Waals surface area contributed by atoms with Crippen LogP contribution >= 0.6 is 11.3 Å². The lowest BCUT2D eigenvalue weighted by atomic mass is 9.67. The number of thiophene rings is 1. The number of rotatable bonds is 5. The quantitative estimate of drug-likeness (QED) is 0.180. The van der Waals surface area contributed by atoms with E-state index in [2.05, 4.69) is 193 Å². The lowest BCUT2D eigenvalue weighted by Gasteiger charge is -2.35. The van der Waals surface area contributed by atoms with E-state index in [-0.39, 0.29) is 0 Å². The van der Waals surface area contributed by atoms with Crippen LogP contribution in [0.1, 0.15) is 22.3 Å². The van der Waals surface area contributed by atoms with Gasteiger partial charge in [0.15, 0.2) is 0 Å². The molecule has 8 aromatic carbocycles. The maximum Gasteiger partial charge on any atom is 0.144 e. The average molecular weight is 682 g/mol. The fourth-order valence-corrected chi connectivity index (χ4v) is 10.00. The van der Waals surface area contributed by atoms with E-state index in [1.165, 1.54) is 53.6 Å². The fraction of sp³-hybridized carbons (Fsp3) is 0.0204. The monoisotopic (exact) mass is 681 g/mol. The molecular weight excluding hydrogens is 651 g/mol. The summed E-state index contributed by atoms with van der Waals surface area (Å²) in [6, 6.07) is 68.5. The second-order valence-corrected chi connectivity index (χ2v) is 14.7. The Hall–Kier alpha value is -6.42. The summed E-state index contributed by atoms with van der Waals surface area (Å²) in [5, 5.41) is 4.64. The van der Waals surface area contributed by atoms with Crippen molar-refractivity contribution in [3.8, 4) is 11.1 Å². The van der Waals surface area contributed by atoms with Crippen LogP contribution in [-0.4, -0.2) is 0 Å². The molecule has 3 heteroatoms. The van der Waals surface area contributed by atoms with E-state index < -0.39 is 5.41 Å². The maximum absolute atomic E-state index is 6.69. The standard InChI is InChI=1S/C49H31NOS/c1-4-16-32(17-5-1)49(33-18-6-2-7-19-33)41-25-13-10-22-36(41)37-29-28-35(30-42(37)49)50(34-20-8-3-9-21-34)43-31-40-38-23-11-14-26-44(38)51-47(40)46-39-24-12-15-27-45(39)52-48(43)46/h1-31H. The Labute approximate surface area is 305 Å². The van der Waals surface area contributed by atoms with E-state index in [1.807, 2.05) is 11.3 Å². The Bertz CT molecular complexity index is 2920. The van der Waals surface area contributed by atoms with Gasteiger partial charge in [-0.15, -0.1) is 11.3 Å². The van der Waals surface area contributed by atoms with Crippen LogP contribution in [0.15, 0.2) is 192 Å². The van der Waals surface area contributed by atoms with Gasteiger partial charge in [0.05, 0.1) is 15.8 Å². The highest BCUT2D eigenvalue weighted by molar-refractivity contribution is 7.26. The second kappa shape index (κ2) is 11.3. The first-order chi connectivity index (χ1) is 25.8. The van der Waals surface area contributed by atoms with Gasteiger partial charge in [-0.25, -0.2) is 0 Å². The van der Waals surface area contributed by atoms with Crippen LogP contribution in [0.25, 0.3) is 53.2 Å². The van der Waals surface area contributed by atoms with Crippen LogP contribution in [0.5, 0.6) is 0 Å². The van der Waals surface area contributed by atoms with Crippen LogP contribution in [0.4, 0.5) is 17.1 Å². The topological polar surface area (TPSA) is 16.4 Å². The van der Waals surface area contributed by atoms with E-state index in [4.69, 9.17) is 4.42 Å². The smallest absolute Gasteiger partial charge is 0.144 e. The highest BCUT2D eigenvalue weighted by atomic mass is 32.1. The molecule has 0 atom stereocenters. The highest BCUT2D eigenvalue weighted by Gasteiger charge is 2.46. The molecule has 0 saturated heterocycles. The molecule has 0 unspecified atom stereocenters. The molecule has 2 nitrogen and oxygen atoms in total. The molecule has 11 rings (SSSR count). The first kappa shape index (κ1) is 29.3. The van der Waals surface area contributed by atoms with Crippen LogP contribution < -0.4 is 4.90 Å². The van der Waals surface area contributed by atoms with Crippen LogP contribution in [-0.2, 0) is 5.41 Å². The van der Waals surface area contributed by atoms with Gasteiger partial charge in [0.25, 0.3) is 0 Å². The number of fused-ring (bicyclic) bond motifs is 10. The molecule has 52 heavy (non-hydrogen) atoms. The van der Waals surface area contributed by atoms with Crippen LogP contribution in [0, 0.1) is 0 Å². The molecule has 0 spiro atoms. The highest BCUT2D eigenvalue weighted by Crippen LogP contribution is 2.58. The molecule has 0 aliphatic heterocycles. The number of hydrogen-bond donors (Lipinski definition) is 0.